The maximum Gasteiger partial charge on any atom is 0.419 e. The molecule has 2 atom stereocenters. The number of carbonyl (C=O) groups excluding carboxylic acids is 2. The Morgan fingerprint density at radius 1 is 1.21 bits per heavy atom. The van der Waals surface area contributed by atoms with E-state index in [2.05, 4.69) is 5.32 Å². The average molecular weight is 486 g/mol. The molecule has 1 fully saturated rings. The minimum absolute atomic E-state index is 0.191. The molecule has 0 aliphatic carbocycles. The molecule has 0 spiro atoms. The smallest absolute Gasteiger partial charge is 0.340 e. The summed E-state index contributed by atoms with van der Waals surface area (Å²) >= 11 is 5.89. The maximum absolute atomic E-state index is 13.9. The van der Waals surface area contributed by atoms with Gasteiger partial charge in [0.05, 0.1) is 11.6 Å². The van der Waals surface area contributed by atoms with Gasteiger partial charge in [0.2, 0.25) is 5.91 Å². The molecule has 2 aromatic rings. The molecule has 10 heteroatoms. The van der Waals surface area contributed by atoms with Gasteiger partial charge in [-0.25, -0.2) is 9.18 Å². The Morgan fingerprint density at radius 3 is 2.48 bits per heavy atom. The molecule has 1 aliphatic heterocycles. The molecule has 0 aromatic heterocycles. The first-order chi connectivity index (χ1) is 15.5. The molecule has 0 saturated carbocycles. The highest BCUT2D eigenvalue weighted by Crippen LogP contribution is 2.32. The molecule has 1 aliphatic rings. The highest BCUT2D eigenvalue weighted by molar-refractivity contribution is 6.30. The van der Waals surface area contributed by atoms with Crippen molar-refractivity contribution in [2.75, 3.05) is 13.6 Å². The number of halogens is 5. The summed E-state index contributed by atoms with van der Waals surface area (Å²) < 4.78 is 52.2. The van der Waals surface area contributed by atoms with Crippen LogP contribution in [0.25, 0.3) is 0 Å². The molecule has 0 unspecified atom stereocenters. The Hall–Kier alpha value is -2.81. The van der Waals surface area contributed by atoms with Crippen LogP contribution in [0.1, 0.15) is 42.5 Å². The molecule has 3 rings (SSSR count). The van der Waals surface area contributed by atoms with E-state index < -0.39 is 35.7 Å². The van der Waals surface area contributed by atoms with Gasteiger partial charge in [0.1, 0.15) is 11.9 Å². The van der Waals surface area contributed by atoms with Crippen LogP contribution in [0, 0.1) is 5.82 Å². The van der Waals surface area contributed by atoms with Crippen LogP contribution in [-0.2, 0) is 17.5 Å². The SMILES string of the molecule is C[C@H](NC(=O)N1CCC[C@@H]1C(=O)N(C)Cc1ccc(Cl)cc1)c1ccc(C(F)(F)F)c(F)c1. The number of hydrogen-bond donors (Lipinski definition) is 1. The van der Waals surface area contributed by atoms with Crippen molar-refractivity contribution in [1.82, 2.24) is 15.1 Å². The van der Waals surface area contributed by atoms with E-state index in [9.17, 15) is 27.2 Å². The minimum atomic E-state index is -4.80. The number of benzene rings is 2. The minimum Gasteiger partial charge on any atom is -0.340 e. The first kappa shape index (κ1) is 24.8. The monoisotopic (exact) mass is 485 g/mol. The Bertz CT molecular complexity index is 1010. The number of nitrogens with zero attached hydrogens (tertiary/aromatic N) is 2. The van der Waals surface area contributed by atoms with Crippen molar-refractivity contribution < 1.29 is 27.2 Å². The van der Waals surface area contributed by atoms with Gasteiger partial charge in [-0.2, -0.15) is 13.2 Å². The van der Waals surface area contributed by atoms with Gasteiger partial charge in [-0.15, -0.1) is 0 Å². The second kappa shape index (κ2) is 9.99. The van der Waals surface area contributed by atoms with Gasteiger partial charge in [0, 0.05) is 25.2 Å². The third-order valence-corrected chi connectivity index (χ3v) is 5.90. The summed E-state index contributed by atoms with van der Waals surface area (Å²) in [5.74, 6) is -1.62. The lowest BCUT2D eigenvalue weighted by Crippen LogP contribution is -2.50. The summed E-state index contributed by atoms with van der Waals surface area (Å²) in [6, 6.07) is 7.71. The summed E-state index contributed by atoms with van der Waals surface area (Å²) in [5, 5.41) is 3.25. The van der Waals surface area contributed by atoms with Gasteiger partial charge in [0.25, 0.3) is 0 Å². The third-order valence-electron chi connectivity index (χ3n) is 5.65. The molecule has 178 valence electrons. The van der Waals surface area contributed by atoms with Crippen LogP contribution in [0.5, 0.6) is 0 Å². The van der Waals surface area contributed by atoms with Crippen LogP contribution >= 0.6 is 11.6 Å². The lowest BCUT2D eigenvalue weighted by Gasteiger charge is -2.29. The van der Waals surface area contributed by atoms with Gasteiger partial charge < -0.3 is 15.1 Å². The summed E-state index contributed by atoms with van der Waals surface area (Å²) in [6.45, 7) is 2.26. The Morgan fingerprint density at radius 2 is 1.88 bits per heavy atom. The average Bonchev–Trinajstić information content (AvgIpc) is 3.23. The van der Waals surface area contributed by atoms with Crippen molar-refractivity contribution in [3.63, 3.8) is 0 Å². The van der Waals surface area contributed by atoms with Crippen molar-refractivity contribution in [3.05, 3.63) is 70.0 Å². The molecular weight excluding hydrogens is 462 g/mol. The van der Waals surface area contributed by atoms with Crippen molar-refractivity contribution in [3.8, 4) is 0 Å². The number of alkyl halides is 3. The Kier molecular flexibility index (Phi) is 7.51. The van der Waals surface area contributed by atoms with Crippen molar-refractivity contribution >= 4 is 23.5 Å². The molecule has 33 heavy (non-hydrogen) atoms. The highest BCUT2D eigenvalue weighted by atomic mass is 35.5. The second-order valence-corrected chi connectivity index (χ2v) is 8.52. The van der Waals surface area contributed by atoms with Crippen LogP contribution in [-0.4, -0.2) is 41.4 Å². The van der Waals surface area contributed by atoms with Gasteiger partial charge in [-0.1, -0.05) is 29.8 Å². The zero-order valence-corrected chi connectivity index (χ0v) is 18.9. The standard InChI is InChI=1S/C23H24ClF4N3O2/c1-14(16-7-10-18(19(25)12-16)23(26,27)28)29-22(33)31-11-3-4-20(31)21(32)30(2)13-15-5-8-17(24)9-6-15/h5-10,12,14,20H,3-4,11,13H2,1-2H3,(H,29,33)/t14-,20+/m0/s1. The van der Waals surface area contributed by atoms with E-state index in [4.69, 9.17) is 11.6 Å². The summed E-state index contributed by atoms with van der Waals surface area (Å²) in [4.78, 5) is 28.8. The van der Waals surface area contributed by atoms with E-state index in [1.807, 2.05) is 12.1 Å². The summed E-state index contributed by atoms with van der Waals surface area (Å²) in [7, 11) is 1.65. The number of likely N-dealkylation sites (N-methyl/N-ethyl adjacent to an activating group) is 1. The first-order valence-electron chi connectivity index (χ1n) is 10.4. The zero-order valence-electron chi connectivity index (χ0n) is 18.1. The second-order valence-electron chi connectivity index (χ2n) is 8.08. The van der Waals surface area contributed by atoms with Crippen LogP contribution in [0.4, 0.5) is 22.4 Å². The topological polar surface area (TPSA) is 52.7 Å². The Labute approximate surface area is 194 Å². The van der Waals surface area contributed by atoms with Crippen LogP contribution in [0.3, 0.4) is 0 Å². The number of amides is 3. The first-order valence-corrected chi connectivity index (χ1v) is 10.8. The number of likely N-dealkylation sites (tertiary alicyclic amines) is 1. The number of nitrogens with one attached hydrogen (secondary N) is 1. The fraction of sp³-hybridized carbons (Fsp3) is 0.391. The number of rotatable bonds is 5. The molecule has 1 saturated heterocycles. The predicted molar refractivity (Wildman–Crippen MR) is 116 cm³/mol. The van der Waals surface area contributed by atoms with Gasteiger partial charge in [-0.05, 0) is 55.2 Å². The lowest BCUT2D eigenvalue weighted by atomic mass is 10.1. The molecule has 0 radical (unpaired) electrons. The number of hydrogen-bond acceptors (Lipinski definition) is 2. The molecule has 5 nitrogen and oxygen atoms in total. The molecular formula is C23H24ClF4N3O2. The van der Waals surface area contributed by atoms with E-state index in [1.165, 1.54) is 9.80 Å². The fourth-order valence-electron chi connectivity index (χ4n) is 3.84. The van der Waals surface area contributed by atoms with Crippen LogP contribution in [0.2, 0.25) is 5.02 Å². The van der Waals surface area contributed by atoms with E-state index in [1.54, 1.807) is 26.1 Å². The van der Waals surface area contributed by atoms with Crippen molar-refractivity contribution in [2.24, 2.45) is 0 Å². The van der Waals surface area contributed by atoms with Gasteiger partial charge in [0.15, 0.2) is 0 Å². The highest BCUT2D eigenvalue weighted by Gasteiger charge is 2.37. The third kappa shape index (κ3) is 5.96. The maximum atomic E-state index is 13.9. The van der Waals surface area contributed by atoms with E-state index in [0.717, 1.165) is 17.7 Å². The lowest BCUT2D eigenvalue weighted by molar-refractivity contribution is -0.140. The fourth-order valence-corrected chi connectivity index (χ4v) is 3.97. The van der Waals surface area contributed by atoms with Gasteiger partial charge >= 0.3 is 12.2 Å². The van der Waals surface area contributed by atoms with Crippen LogP contribution < -0.4 is 5.32 Å². The van der Waals surface area contributed by atoms with E-state index in [0.29, 0.717) is 37.0 Å². The van der Waals surface area contributed by atoms with Crippen molar-refractivity contribution in [2.45, 2.75) is 44.6 Å². The number of urea groups is 1. The zero-order chi connectivity index (χ0) is 24.3. The van der Waals surface area contributed by atoms with Gasteiger partial charge in [-0.3, -0.25) is 4.79 Å². The summed E-state index contributed by atoms with van der Waals surface area (Å²) in [5.41, 5.74) is -0.281. The quantitative estimate of drug-likeness (QED) is 0.577. The number of carbonyl (C=O) groups is 2. The molecule has 0 bridgehead atoms. The summed E-state index contributed by atoms with van der Waals surface area (Å²) in [6.07, 6.45) is -3.65. The van der Waals surface area contributed by atoms with Crippen molar-refractivity contribution in [1.29, 1.82) is 0 Å². The largest absolute Gasteiger partial charge is 0.419 e. The molecule has 2 aromatic carbocycles. The molecule has 1 heterocycles. The normalized spacial score (nSPS) is 17.1. The molecule has 3 amide bonds. The van der Waals surface area contributed by atoms with E-state index >= 15 is 0 Å². The predicted octanol–water partition coefficient (Wildman–Crippen LogP) is 5.39. The van der Waals surface area contributed by atoms with Crippen LogP contribution in [0.15, 0.2) is 42.5 Å². The Balaban J connectivity index is 1.64. The van der Waals surface area contributed by atoms with E-state index in [-0.39, 0.29) is 11.5 Å². The molecule has 1 N–H and O–H groups in total.